The number of amides is 1. The number of ether oxygens (including phenoxy) is 3. The Morgan fingerprint density at radius 1 is 1.27 bits per heavy atom. The first-order valence-corrected chi connectivity index (χ1v) is 7.54. The molecule has 1 aliphatic rings. The third kappa shape index (κ3) is 3.71. The number of benzene rings is 1. The van der Waals surface area contributed by atoms with Gasteiger partial charge in [-0.1, -0.05) is 6.92 Å². The standard InChI is InChI=1S/C17H25NO4/c1-17(7-9-22-10-8-17)12-18(2)16(19)14-6-5-13(20-3)11-15(14)21-4/h5-6,11H,7-10,12H2,1-4H3. The largest absolute Gasteiger partial charge is 0.497 e. The van der Waals surface area contributed by atoms with Crippen LogP contribution in [-0.2, 0) is 4.74 Å². The fourth-order valence-corrected chi connectivity index (χ4v) is 2.85. The summed E-state index contributed by atoms with van der Waals surface area (Å²) in [4.78, 5) is 14.5. The van der Waals surface area contributed by atoms with Crippen molar-refractivity contribution < 1.29 is 19.0 Å². The average Bonchev–Trinajstić information content (AvgIpc) is 2.53. The molecule has 0 aromatic heterocycles. The molecule has 0 spiro atoms. The number of carbonyl (C=O) groups excluding carboxylic acids is 1. The molecular formula is C17H25NO4. The van der Waals surface area contributed by atoms with E-state index in [0.717, 1.165) is 26.1 Å². The Morgan fingerprint density at radius 2 is 1.95 bits per heavy atom. The second-order valence-electron chi connectivity index (χ2n) is 6.15. The van der Waals surface area contributed by atoms with Crippen molar-refractivity contribution >= 4 is 5.91 Å². The lowest BCUT2D eigenvalue weighted by Crippen LogP contribution is -2.40. The van der Waals surface area contributed by atoms with Crippen LogP contribution in [0.25, 0.3) is 0 Å². The maximum absolute atomic E-state index is 12.7. The van der Waals surface area contributed by atoms with E-state index in [1.807, 2.05) is 7.05 Å². The van der Waals surface area contributed by atoms with Gasteiger partial charge in [0.05, 0.1) is 19.8 Å². The number of hydrogen-bond acceptors (Lipinski definition) is 4. The summed E-state index contributed by atoms with van der Waals surface area (Å²) in [5.74, 6) is 1.17. The van der Waals surface area contributed by atoms with Crippen LogP contribution in [0.4, 0.5) is 0 Å². The van der Waals surface area contributed by atoms with Gasteiger partial charge in [-0.3, -0.25) is 4.79 Å². The first-order chi connectivity index (χ1) is 10.5. The second-order valence-corrected chi connectivity index (χ2v) is 6.15. The molecule has 0 unspecified atom stereocenters. The van der Waals surface area contributed by atoms with Crippen LogP contribution >= 0.6 is 0 Å². The van der Waals surface area contributed by atoms with Crippen LogP contribution < -0.4 is 9.47 Å². The highest BCUT2D eigenvalue weighted by Crippen LogP contribution is 2.32. The van der Waals surface area contributed by atoms with E-state index in [1.165, 1.54) is 0 Å². The van der Waals surface area contributed by atoms with Gasteiger partial charge in [-0.2, -0.15) is 0 Å². The number of carbonyl (C=O) groups is 1. The first kappa shape index (κ1) is 16.6. The highest BCUT2D eigenvalue weighted by Gasteiger charge is 2.31. The molecular weight excluding hydrogens is 282 g/mol. The zero-order chi connectivity index (χ0) is 16.2. The Hall–Kier alpha value is -1.75. The van der Waals surface area contributed by atoms with Gasteiger partial charge in [0.25, 0.3) is 5.91 Å². The van der Waals surface area contributed by atoms with Crippen molar-refractivity contribution in [3.63, 3.8) is 0 Å². The van der Waals surface area contributed by atoms with Crippen molar-refractivity contribution in [2.24, 2.45) is 5.41 Å². The third-order valence-electron chi connectivity index (χ3n) is 4.30. The Labute approximate surface area is 132 Å². The monoisotopic (exact) mass is 307 g/mol. The Morgan fingerprint density at radius 3 is 2.55 bits per heavy atom. The van der Waals surface area contributed by atoms with Gasteiger partial charge in [-0.05, 0) is 30.4 Å². The second kappa shape index (κ2) is 7.01. The van der Waals surface area contributed by atoms with Crippen LogP contribution in [-0.4, -0.2) is 51.8 Å². The molecule has 1 saturated heterocycles. The summed E-state index contributed by atoms with van der Waals surface area (Å²) in [7, 11) is 4.99. The molecule has 1 aromatic carbocycles. The van der Waals surface area contributed by atoms with Gasteiger partial charge >= 0.3 is 0 Å². The van der Waals surface area contributed by atoms with Crippen molar-refractivity contribution in [2.75, 3.05) is 41.0 Å². The summed E-state index contributed by atoms with van der Waals surface area (Å²) in [6.07, 6.45) is 1.95. The third-order valence-corrected chi connectivity index (χ3v) is 4.30. The molecule has 0 atom stereocenters. The van der Waals surface area contributed by atoms with Gasteiger partial charge in [0.2, 0.25) is 0 Å². The zero-order valence-electron chi connectivity index (χ0n) is 13.8. The predicted octanol–water partition coefficient (Wildman–Crippen LogP) is 2.59. The molecule has 0 radical (unpaired) electrons. The van der Waals surface area contributed by atoms with E-state index >= 15 is 0 Å². The number of hydrogen-bond donors (Lipinski definition) is 0. The fraction of sp³-hybridized carbons (Fsp3) is 0.588. The molecule has 1 fully saturated rings. The Balaban J connectivity index is 2.13. The maximum atomic E-state index is 12.7. The summed E-state index contributed by atoms with van der Waals surface area (Å²) >= 11 is 0. The van der Waals surface area contributed by atoms with Crippen molar-refractivity contribution in [1.29, 1.82) is 0 Å². The SMILES string of the molecule is COc1ccc(C(=O)N(C)CC2(C)CCOCC2)c(OC)c1. The molecule has 1 aromatic rings. The lowest BCUT2D eigenvalue weighted by Gasteiger charge is -2.37. The summed E-state index contributed by atoms with van der Waals surface area (Å²) in [6, 6.07) is 5.26. The summed E-state index contributed by atoms with van der Waals surface area (Å²) < 4.78 is 15.9. The molecule has 2 rings (SSSR count). The first-order valence-electron chi connectivity index (χ1n) is 7.54. The number of nitrogens with zero attached hydrogens (tertiary/aromatic N) is 1. The van der Waals surface area contributed by atoms with Gasteiger partial charge in [0.15, 0.2) is 0 Å². The van der Waals surface area contributed by atoms with E-state index in [0.29, 0.717) is 23.6 Å². The Kier molecular flexibility index (Phi) is 5.29. The molecule has 1 aliphatic heterocycles. The predicted molar refractivity (Wildman–Crippen MR) is 84.7 cm³/mol. The molecule has 0 aliphatic carbocycles. The van der Waals surface area contributed by atoms with Crippen LogP contribution in [0, 0.1) is 5.41 Å². The van der Waals surface area contributed by atoms with Crippen LogP contribution in [0.5, 0.6) is 11.5 Å². The van der Waals surface area contributed by atoms with Crippen LogP contribution in [0.1, 0.15) is 30.1 Å². The van der Waals surface area contributed by atoms with E-state index in [-0.39, 0.29) is 11.3 Å². The maximum Gasteiger partial charge on any atom is 0.257 e. The topological polar surface area (TPSA) is 48.0 Å². The van der Waals surface area contributed by atoms with Gasteiger partial charge in [0, 0.05) is 32.9 Å². The van der Waals surface area contributed by atoms with Crippen LogP contribution in [0.3, 0.4) is 0 Å². The van der Waals surface area contributed by atoms with E-state index in [9.17, 15) is 4.79 Å². The zero-order valence-corrected chi connectivity index (χ0v) is 13.8. The molecule has 0 bridgehead atoms. The Bertz CT molecular complexity index is 523. The van der Waals surface area contributed by atoms with E-state index in [1.54, 1.807) is 37.3 Å². The van der Waals surface area contributed by atoms with E-state index in [4.69, 9.17) is 14.2 Å². The molecule has 122 valence electrons. The number of rotatable bonds is 5. The van der Waals surface area contributed by atoms with Gasteiger partial charge < -0.3 is 19.1 Å². The normalized spacial score (nSPS) is 16.9. The van der Waals surface area contributed by atoms with E-state index in [2.05, 4.69) is 6.92 Å². The summed E-state index contributed by atoms with van der Waals surface area (Å²) in [5.41, 5.74) is 0.670. The molecule has 0 N–H and O–H groups in total. The van der Waals surface area contributed by atoms with Gasteiger partial charge in [-0.15, -0.1) is 0 Å². The average molecular weight is 307 g/mol. The van der Waals surface area contributed by atoms with Crippen molar-refractivity contribution in [3.05, 3.63) is 23.8 Å². The molecule has 22 heavy (non-hydrogen) atoms. The molecule has 1 amide bonds. The van der Waals surface area contributed by atoms with Crippen molar-refractivity contribution in [2.45, 2.75) is 19.8 Å². The quantitative estimate of drug-likeness (QED) is 0.839. The summed E-state index contributed by atoms with van der Waals surface area (Å²) in [5, 5.41) is 0. The number of methoxy groups -OCH3 is 2. The summed E-state index contributed by atoms with van der Waals surface area (Å²) in [6.45, 7) is 4.46. The lowest BCUT2D eigenvalue weighted by molar-refractivity contribution is 0.00911. The molecule has 5 heteroatoms. The van der Waals surface area contributed by atoms with Crippen molar-refractivity contribution in [3.8, 4) is 11.5 Å². The molecule has 5 nitrogen and oxygen atoms in total. The highest BCUT2D eigenvalue weighted by atomic mass is 16.5. The minimum Gasteiger partial charge on any atom is -0.497 e. The minimum absolute atomic E-state index is 0.0350. The highest BCUT2D eigenvalue weighted by molar-refractivity contribution is 5.97. The lowest BCUT2D eigenvalue weighted by atomic mass is 9.82. The smallest absolute Gasteiger partial charge is 0.257 e. The minimum atomic E-state index is -0.0350. The van der Waals surface area contributed by atoms with Crippen molar-refractivity contribution in [1.82, 2.24) is 4.90 Å². The van der Waals surface area contributed by atoms with Crippen LogP contribution in [0.15, 0.2) is 18.2 Å². The molecule has 0 saturated carbocycles. The van der Waals surface area contributed by atoms with Crippen LogP contribution in [0.2, 0.25) is 0 Å². The van der Waals surface area contributed by atoms with Gasteiger partial charge in [-0.25, -0.2) is 0 Å². The van der Waals surface area contributed by atoms with E-state index < -0.39 is 0 Å². The van der Waals surface area contributed by atoms with Gasteiger partial charge in [0.1, 0.15) is 11.5 Å². The fourth-order valence-electron chi connectivity index (χ4n) is 2.85. The molecule has 1 heterocycles.